The van der Waals surface area contributed by atoms with Crippen LogP contribution in [0.5, 0.6) is 0 Å². The molecule has 2 aromatic rings. The number of carbonyl (C=O) groups is 1. The fourth-order valence-electron chi connectivity index (χ4n) is 3.15. The molecule has 0 radical (unpaired) electrons. The Kier molecular flexibility index (Phi) is 6.01. The van der Waals surface area contributed by atoms with E-state index in [1.807, 2.05) is 4.90 Å². The minimum atomic E-state index is -4.77. The van der Waals surface area contributed by atoms with Crippen molar-refractivity contribution in [1.82, 2.24) is 9.21 Å². The molecule has 7 nitrogen and oxygen atoms in total. The highest BCUT2D eigenvalue weighted by Crippen LogP contribution is 2.35. The summed E-state index contributed by atoms with van der Waals surface area (Å²) in [6.07, 6.45) is -3.41. The van der Waals surface area contributed by atoms with Gasteiger partial charge in [0.2, 0.25) is 10.0 Å². The van der Waals surface area contributed by atoms with E-state index in [-0.39, 0.29) is 38.3 Å². The first-order chi connectivity index (χ1) is 13.6. The van der Waals surface area contributed by atoms with E-state index in [0.717, 1.165) is 22.5 Å². The molecule has 1 aliphatic heterocycles. The van der Waals surface area contributed by atoms with E-state index in [9.17, 15) is 26.4 Å². The maximum absolute atomic E-state index is 13.2. The molecule has 0 atom stereocenters. The van der Waals surface area contributed by atoms with Gasteiger partial charge in [-0.2, -0.15) is 17.5 Å². The fourth-order valence-corrected chi connectivity index (χ4v) is 4.79. The van der Waals surface area contributed by atoms with Gasteiger partial charge in [-0.3, -0.25) is 4.90 Å². The SMILES string of the molecule is COC(=O)c1ccoc1CN1CCN(S(=O)(=O)c2ccccc2C(F)(F)F)CC1. The van der Waals surface area contributed by atoms with E-state index in [1.54, 1.807) is 0 Å². The summed E-state index contributed by atoms with van der Waals surface area (Å²) in [7, 11) is -3.05. The molecule has 0 spiro atoms. The number of hydrogen-bond acceptors (Lipinski definition) is 6. The summed E-state index contributed by atoms with van der Waals surface area (Å²) in [6.45, 7) is 0.833. The molecule has 1 aromatic carbocycles. The second-order valence-corrected chi connectivity index (χ2v) is 8.33. The first kappa shape index (κ1) is 21.3. The van der Waals surface area contributed by atoms with Gasteiger partial charge in [0.15, 0.2) is 0 Å². The lowest BCUT2D eigenvalue weighted by atomic mass is 10.2. The molecule has 11 heteroatoms. The number of furan rings is 1. The van der Waals surface area contributed by atoms with Crippen LogP contribution in [0.4, 0.5) is 13.2 Å². The third-order valence-electron chi connectivity index (χ3n) is 4.66. The molecule has 158 valence electrons. The molecule has 0 aliphatic carbocycles. The van der Waals surface area contributed by atoms with E-state index in [4.69, 9.17) is 4.42 Å². The van der Waals surface area contributed by atoms with E-state index in [1.165, 1.54) is 25.5 Å². The monoisotopic (exact) mass is 432 g/mol. The lowest BCUT2D eigenvalue weighted by molar-refractivity contribution is -0.139. The van der Waals surface area contributed by atoms with Gasteiger partial charge in [-0.15, -0.1) is 0 Å². The number of halogens is 3. The quantitative estimate of drug-likeness (QED) is 0.676. The molecule has 29 heavy (non-hydrogen) atoms. The molecule has 2 heterocycles. The van der Waals surface area contributed by atoms with E-state index in [0.29, 0.717) is 5.76 Å². The van der Waals surface area contributed by atoms with E-state index >= 15 is 0 Å². The van der Waals surface area contributed by atoms with Crippen molar-refractivity contribution in [3.8, 4) is 0 Å². The van der Waals surface area contributed by atoms with Gasteiger partial charge < -0.3 is 9.15 Å². The number of piperazine rings is 1. The number of sulfonamides is 1. The van der Waals surface area contributed by atoms with Crippen LogP contribution in [0.2, 0.25) is 0 Å². The van der Waals surface area contributed by atoms with Crippen LogP contribution in [0.3, 0.4) is 0 Å². The first-order valence-electron chi connectivity index (χ1n) is 8.68. The summed E-state index contributed by atoms with van der Waals surface area (Å²) in [5, 5.41) is 0. The highest BCUT2D eigenvalue weighted by atomic mass is 32.2. The zero-order valence-corrected chi connectivity index (χ0v) is 16.3. The Morgan fingerprint density at radius 3 is 2.41 bits per heavy atom. The Morgan fingerprint density at radius 2 is 1.79 bits per heavy atom. The summed E-state index contributed by atoms with van der Waals surface area (Å²) in [5.74, 6) is -0.158. The maximum atomic E-state index is 13.2. The third-order valence-corrected chi connectivity index (χ3v) is 6.62. The van der Waals surface area contributed by atoms with Crippen molar-refractivity contribution in [3.63, 3.8) is 0 Å². The Bertz CT molecular complexity index is 979. The van der Waals surface area contributed by atoms with Crippen molar-refractivity contribution in [3.05, 3.63) is 53.5 Å². The van der Waals surface area contributed by atoms with Crippen molar-refractivity contribution < 1.29 is 35.5 Å². The van der Waals surface area contributed by atoms with Gasteiger partial charge in [-0.25, -0.2) is 13.2 Å². The van der Waals surface area contributed by atoms with Crippen molar-refractivity contribution in [2.24, 2.45) is 0 Å². The van der Waals surface area contributed by atoms with Gasteiger partial charge in [0.05, 0.1) is 30.4 Å². The predicted molar refractivity (Wildman–Crippen MR) is 95.5 cm³/mol. The summed E-state index contributed by atoms with van der Waals surface area (Å²) in [5.41, 5.74) is -0.901. The molecule has 1 saturated heterocycles. The number of carbonyl (C=O) groups excluding carboxylic acids is 1. The van der Waals surface area contributed by atoms with Crippen LogP contribution in [0.25, 0.3) is 0 Å². The van der Waals surface area contributed by atoms with Gasteiger partial charge in [-0.1, -0.05) is 12.1 Å². The van der Waals surface area contributed by atoms with Crippen LogP contribution in [0.1, 0.15) is 21.7 Å². The van der Waals surface area contributed by atoms with Crippen molar-refractivity contribution in [2.45, 2.75) is 17.6 Å². The third kappa shape index (κ3) is 4.46. The van der Waals surface area contributed by atoms with Crippen LogP contribution in [-0.2, 0) is 27.5 Å². The number of benzene rings is 1. The zero-order chi connectivity index (χ0) is 21.2. The second-order valence-electron chi connectivity index (χ2n) is 6.42. The van der Waals surface area contributed by atoms with Gasteiger partial charge >= 0.3 is 12.1 Å². The van der Waals surface area contributed by atoms with E-state index in [2.05, 4.69) is 4.74 Å². The highest BCUT2D eigenvalue weighted by molar-refractivity contribution is 7.89. The summed E-state index contributed by atoms with van der Waals surface area (Å²) >= 11 is 0. The molecule has 0 saturated carbocycles. The Hall–Kier alpha value is -2.37. The smallest absolute Gasteiger partial charge is 0.417 e. The number of rotatable bonds is 5. The molecule has 1 fully saturated rings. The molecule has 0 amide bonds. The van der Waals surface area contributed by atoms with Crippen molar-refractivity contribution in [1.29, 1.82) is 0 Å². The predicted octanol–water partition coefficient (Wildman–Crippen LogP) is 2.59. The molecule has 1 aliphatic rings. The fraction of sp³-hybridized carbons (Fsp3) is 0.389. The Morgan fingerprint density at radius 1 is 1.14 bits per heavy atom. The molecule has 0 bridgehead atoms. The number of esters is 1. The zero-order valence-electron chi connectivity index (χ0n) is 15.5. The van der Waals surface area contributed by atoms with Gasteiger partial charge in [0, 0.05) is 26.2 Å². The number of alkyl halides is 3. The normalized spacial score (nSPS) is 16.7. The first-order valence-corrected chi connectivity index (χ1v) is 10.1. The standard InChI is InChI=1S/C18H19F3N2O5S/c1-27-17(24)13-6-11-28-15(13)12-22-7-9-23(10-8-22)29(25,26)16-5-3-2-4-14(16)18(19,20)21/h2-6,11H,7-10,12H2,1H3. The second kappa shape index (κ2) is 8.17. The molecule has 3 rings (SSSR count). The number of ether oxygens (including phenoxy) is 1. The maximum Gasteiger partial charge on any atom is 0.417 e. The number of methoxy groups -OCH3 is 1. The van der Waals surface area contributed by atoms with Crippen molar-refractivity contribution >= 4 is 16.0 Å². The average molecular weight is 432 g/mol. The van der Waals surface area contributed by atoms with Crippen molar-refractivity contribution in [2.75, 3.05) is 33.3 Å². The molecule has 0 unspecified atom stereocenters. The lowest BCUT2D eigenvalue weighted by Gasteiger charge is -2.34. The number of nitrogens with zero attached hydrogens (tertiary/aromatic N) is 2. The minimum absolute atomic E-state index is 0.0167. The lowest BCUT2D eigenvalue weighted by Crippen LogP contribution is -2.48. The molecule has 0 N–H and O–H groups in total. The van der Waals surface area contributed by atoms with Crippen LogP contribution in [-0.4, -0.2) is 56.9 Å². The van der Waals surface area contributed by atoms with Crippen LogP contribution in [0, 0.1) is 0 Å². The highest BCUT2D eigenvalue weighted by Gasteiger charge is 2.39. The van der Waals surface area contributed by atoms with Gasteiger partial charge in [-0.05, 0) is 18.2 Å². The van der Waals surface area contributed by atoms with Crippen LogP contribution >= 0.6 is 0 Å². The van der Waals surface area contributed by atoms with Gasteiger partial charge in [0.25, 0.3) is 0 Å². The Labute approximate surface area is 165 Å². The van der Waals surface area contributed by atoms with Gasteiger partial charge in [0.1, 0.15) is 11.3 Å². The topological polar surface area (TPSA) is 80.1 Å². The molecular weight excluding hydrogens is 413 g/mol. The summed E-state index contributed by atoms with van der Waals surface area (Å²) < 4.78 is 76.2. The average Bonchev–Trinajstić information content (AvgIpc) is 3.15. The van der Waals surface area contributed by atoms with Crippen LogP contribution in [0.15, 0.2) is 45.9 Å². The minimum Gasteiger partial charge on any atom is -0.467 e. The largest absolute Gasteiger partial charge is 0.467 e. The van der Waals surface area contributed by atoms with Crippen LogP contribution < -0.4 is 0 Å². The summed E-state index contributed by atoms with van der Waals surface area (Å²) in [6, 6.07) is 5.63. The Balaban J connectivity index is 1.71. The number of hydrogen-bond donors (Lipinski definition) is 0. The van der Waals surface area contributed by atoms with E-state index < -0.39 is 32.6 Å². The molecule has 1 aromatic heterocycles. The molecular formula is C18H19F3N2O5S. The summed E-state index contributed by atoms with van der Waals surface area (Å²) in [4.78, 5) is 12.8.